The summed E-state index contributed by atoms with van der Waals surface area (Å²) in [5.41, 5.74) is 0. The lowest BCUT2D eigenvalue weighted by atomic mass is 10.2. The van der Waals surface area contributed by atoms with Crippen molar-refractivity contribution in [2.24, 2.45) is 0 Å². The van der Waals surface area contributed by atoms with Gasteiger partial charge in [0, 0.05) is 25.2 Å². The minimum atomic E-state index is -2.73. The normalized spacial score (nSPS) is 28.8. The summed E-state index contributed by atoms with van der Waals surface area (Å²) in [6.45, 7) is 5.27. The molecule has 1 N–H and O–H groups in total. The Labute approximate surface area is 98.3 Å². The first kappa shape index (κ1) is 12.3. The molecule has 0 radical (unpaired) electrons. The van der Waals surface area contributed by atoms with Crippen LogP contribution in [-0.2, 0) is 9.84 Å². The molecule has 2 rings (SSSR count). The molecule has 1 unspecified atom stereocenters. The van der Waals surface area contributed by atoms with E-state index in [0.717, 1.165) is 32.1 Å². The summed E-state index contributed by atoms with van der Waals surface area (Å²) in [5.74, 6) is 0.702. The Morgan fingerprint density at radius 1 is 1.31 bits per heavy atom. The fourth-order valence-corrected chi connectivity index (χ4v) is 4.11. The third-order valence-corrected chi connectivity index (χ3v) is 5.30. The highest BCUT2D eigenvalue weighted by atomic mass is 32.2. The van der Waals surface area contributed by atoms with E-state index in [1.54, 1.807) is 0 Å². The fraction of sp³-hybridized carbons (Fsp3) is 1.00. The van der Waals surface area contributed by atoms with Crippen molar-refractivity contribution < 1.29 is 8.42 Å². The summed E-state index contributed by atoms with van der Waals surface area (Å²) in [5, 5.41) is 3.36. The molecule has 1 atom stereocenters. The van der Waals surface area contributed by atoms with Crippen molar-refractivity contribution in [3.8, 4) is 0 Å². The van der Waals surface area contributed by atoms with E-state index in [9.17, 15) is 8.42 Å². The first-order valence-corrected chi connectivity index (χ1v) is 8.11. The van der Waals surface area contributed by atoms with Gasteiger partial charge in [-0.1, -0.05) is 6.92 Å². The average molecular weight is 246 g/mol. The lowest BCUT2D eigenvalue weighted by Crippen LogP contribution is -2.38. The van der Waals surface area contributed by atoms with Crippen LogP contribution < -0.4 is 5.32 Å². The number of nitrogens with one attached hydrogen (secondary N) is 1. The second kappa shape index (κ2) is 5.02. The number of nitrogens with zero attached hydrogens (tertiary/aromatic N) is 1. The van der Waals surface area contributed by atoms with Crippen molar-refractivity contribution in [3.05, 3.63) is 0 Å². The van der Waals surface area contributed by atoms with Gasteiger partial charge >= 0.3 is 0 Å². The highest BCUT2D eigenvalue weighted by Crippen LogP contribution is 2.25. The molecule has 1 saturated carbocycles. The second-order valence-corrected chi connectivity index (χ2v) is 7.14. The monoisotopic (exact) mass is 246 g/mol. The molecule has 0 amide bonds. The zero-order chi connectivity index (χ0) is 11.6. The van der Waals surface area contributed by atoms with Crippen LogP contribution in [0.5, 0.6) is 0 Å². The zero-order valence-electron chi connectivity index (χ0n) is 9.98. The Morgan fingerprint density at radius 2 is 2.06 bits per heavy atom. The topological polar surface area (TPSA) is 49.4 Å². The molecule has 5 heteroatoms. The third kappa shape index (κ3) is 3.43. The van der Waals surface area contributed by atoms with Crippen LogP contribution in [0.4, 0.5) is 0 Å². The Kier molecular flexibility index (Phi) is 3.87. The molecule has 94 valence electrons. The molecule has 2 fully saturated rings. The van der Waals surface area contributed by atoms with Crippen LogP contribution in [0.2, 0.25) is 0 Å². The van der Waals surface area contributed by atoms with E-state index in [1.165, 1.54) is 12.8 Å². The Balaban J connectivity index is 1.64. The maximum Gasteiger partial charge on any atom is 0.151 e. The molecular formula is C11H22N2O2S. The van der Waals surface area contributed by atoms with E-state index in [1.807, 2.05) is 0 Å². The SMILES string of the molecule is CCN(CCNC1CCS(=O)(=O)C1)C1CC1. The number of hydrogen-bond acceptors (Lipinski definition) is 4. The minimum Gasteiger partial charge on any atom is -0.312 e. The number of hydrogen-bond donors (Lipinski definition) is 1. The smallest absolute Gasteiger partial charge is 0.151 e. The van der Waals surface area contributed by atoms with Gasteiger partial charge in [-0.25, -0.2) is 8.42 Å². The second-order valence-electron chi connectivity index (χ2n) is 4.91. The summed E-state index contributed by atoms with van der Waals surface area (Å²) in [6.07, 6.45) is 3.47. The molecule has 1 heterocycles. The summed E-state index contributed by atoms with van der Waals surface area (Å²) in [6, 6.07) is 1.00. The van der Waals surface area contributed by atoms with Crippen LogP contribution in [0.15, 0.2) is 0 Å². The highest BCUT2D eigenvalue weighted by Gasteiger charge is 2.29. The number of rotatable bonds is 6. The van der Waals surface area contributed by atoms with Crippen LogP contribution in [0.3, 0.4) is 0 Å². The highest BCUT2D eigenvalue weighted by molar-refractivity contribution is 7.91. The molecule has 0 aromatic carbocycles. The lowest BCUT2D eigenvalue weighted by Gasteiger charge is -2.21. The van der Waals surface area contributed by atoms with Crippen LogP contribution in [-0.4, -0.2) is 56.5 Å². The van der Waals surface area contributed by atoms with Gasteiger partial charge in [-0.2, -0.15) is 0 Å². The molecule has 0 aromatic rings. The van der Waals surface area contributed by atoms with Gasteiger partial charge in [0.15, 0.2) is 9.84 Å². The van der Waals surface area contributed by atoms with Crippen LogP contribution in [0, 0.1) is 0 Å². The van der Waals surface area contributed by atoms with Crippen LogP contribution in [0.1, 0.15) is 26.2 Å². The molecular weight excluding hydrogens is 224 g/mol. The number of sulfone groups is 1. The van der Waals surface area contributed by atoms with Crippen LogP contribution >= 0.6 is 0 Å². The molecule has 0 spiro atoms. The molecule has 1 saturated heterocycles. The summed E-state index contributed by atoms with van der Waals surface area (Å²) < 4.78 is 22.5. The Bertz CT molecular complexity index is 325. The first-order chi connectivity index (χ1) is 7.61. The van der Waals surface area contributed by atoms with Crippen molar-refractivity contribution in [2.75, 3.05) is 31.1 Å². The summed E-state index contributed by atoms with van der Waals surface area (Å²) in [4.78, 5) is 2.48. The van der Waals surface area contributed by atoms with E-state index in [-0.39, 0.29) is 6.04 Å². The van der Waals surface area contributed by atoms with Gasteiger partial charge in [0.25, 0.3) is 0 Å². The predicted octanol–water partition coefficient (Wildman–Crippen LogP) is 0.247. The van der Waals surface area contributed by atoms with Crippen molar-refractivity contribution >= 4 is 9.84 Å². The van der Waals surface area contributed by atoms with E-state index in [0.29, 0.717) is 11.5 Å². The molecule has 0 aromatic heterocycles. The largest absolute Gasteiger partial charge is 0.312 e. The molecule has 1 aliphatic carbocycles. The molecule has 16 heavy (non-hydrogen) atoms. The van der Waals surface area contributed by atoms with E-state index < -0.39 is 9.84 Å². The van der Waals surface area contributed by atoms with E-state index in [4.69, 9.17) is 0 Å². The lowest BCUT2D eigenvalue weighted by molar-refractivity contribution is 0.273. The maximum absolute atomic E-state index is 11.3. The van der Waals surface area contributed by atoms with Crippen molar-refractivity contribution in [1.82, 2.24) is 10.2 Å². The maximum atomic E-state index is 11.3. The van der Waals surface area contributed by atoms with Gasteiger partial charge < -0.3 is 5.32 Å². The van der Waals surface area contributed by atoms with Crippen LogP contribution in [0.25, 0.3) is 0 Å². The minimum absolute atomic E-state index is 0.197. The third-order valence-electron chi connectivity index (χ3n) is 3.53. The van der Waals surface area contributed by atoms with Gasteiger partial charge in [0.1, 0.15) is 0 Å². The van der Waals surface area contributed by atoms with Gasteiger partial charge in [0.2, 0.25) is 0 Å². The zero-order valence-corrected chi connectivity index (χ0v) is 10.8. The Morgan fingerprint density at radius 3 is 2.56 bits per heavy atom. The van der Waals surface area contributed by atoms with Gasteiger partial charge in [-0.15, -0.1) is 0 Å². The molecule has 0 bridgehead atoms. The Hall–Kier alpha value is -0.130. The molecule has 1 aliphatic heterocycles. The van der Waals surface area contributed by atoms with Gasteiger partial charge in [0.05, 0.1) is 11.5 Å². The van der Waals surface area contributed by atoms with E-state index >= 15 is 0 Å². The van der Waals surface area contributed by atoms with Crippen molar-refractivity contribution in [2.45, 2.75) is 38.3 Å². The average Bonchev–Trinajstić information content (AvgIpc) is 2.99. The standard InChI is InChI=1S/C11H22N2O2S/c1-2-13(11-3-4-11)7-6-12-10-5-8-16(14,15)9-10/h10-12H,2-9H2,1H3. The van der Waals surface area contributed by atoms with E-state index in [2.05, 4.69) is 17.1 Å². The van der Waals surface area contributed by atoms with Crippen molar-refractivity contribution in [3.63, 3.8) is 0 Å². The summed E-state index contributed by atoms with van der Waals surface area (Å²) >= 11 is 0. The quantitative estimate of drug-likeness (QED) is 0.730. The fourth-order valence-electron chi connectivity index (χ4n) is 2.41. The first-order valence-electron chi connectivity index (χ1n) is 6.28. The predicted molar refractivity (Wildman–Crippen MR) is 65.3 cm³/mol. The van der Waals surface area contributed by atoms with Crippen molar-refractivity contribution in [1.29, 1.82) is 0 Å². The molecule has 2 aliphatic rings. The number of likely N-dealkylation sites (N-methyl/N-ethyl adjacent to an activating group) is 1. The van der Waals surface area contributed by atoms with Gasteiger partial charge in [-0.3, -0.25) is 4.90 Å². The molecule has 4 nitrogen and oxygen atoms in total. The summed E-state index contributed by atoms with van der Waals surface area (Å²) in [7, 11) is -2.73. The van der Waals surface area contributed by atoms with Gasteiger partial charge in [-0.05, 0) is 25.8 Å².